The van der Waals surface area contributed by atoms with Crippen molar-refractivity contribution in [1.29, 1.82) is 0 Å². The lowest BCUT2D eigenvalue weighted by Crippen LogP contribution is -2.30. The van der Waals surface area contributed by atoms with Gasteiger partial charge in [-0.1, -0.05) is 13.8 Å². The molecule has 0 radical (unpaired) electrons. The van der Waals surface area contributed by atoms with E-state index >= 15 is 0 Å². The van der Waals surface area contributed by atoms with Crippen LogP contribution >= 0.6 is 0 Å². The summed E-state index contributed by atoms with van der Waals surface area (Å²) in [5.74, 6) is -1.83. The number of carboxylic acid groups (broad SMARTS) is 1. The first-order valence-electron chi connectivity index (χ1n) is 5.40. The van der Waals surface area contributed by atoms with Crippen molar-refractivity contribution >= 4 is 11.8 Å². The third kappa shape index (κ3) is 3.12. The third-order valence-electron chi connectivity index (χ3n) is 2.51. The van der Waals surface area contributed by atoms with Crippen LogP contribution < -0.4 is 4.90 Å². The molecule has 1 N–H and O–H groups in total. The molecule has 6 heteroatoms. The van der Waals surface area contributed by atoms with Crippen molar-refractivity contribution in [3.8, 4) is 0 Å². The molecule has 0 aliphatic carbocycles. The Morgan fingerprint density at radius 2 is 2.24 bits per heavy atom. The van der Waals surface area contributed by atoms with Crippen LogP contribution in [0.5, 0.6) is 0 Å². The monoisotopic (exact) mass is 241 g/mol. The van der Waals surface area contributed by atoms with E-state index in [9.17, 15) is 9.18 Å². The van der Waals surface area contributed by atoms with Gasteiger partial charge in [0.15, 0.2) is 11.6 Å². The Hall–Kier alpha value is -1.72. The lowest BCUT2D eigenvalue weighted by Gasteiger charge is -2.21. The SMILES string of the molecule is CCc1ncnc(N(C)CC(C)C(=O)O)c1F. The highest BCUT2D eigenvalue weighted by molar-refractivity contribution is 5.70. The highest BCUT2D eigenvalue weighted by Crippen LogP contribution is 2.17. The Kier molecular flexibility index (Phi) is 4.37. The standard InChI is InChI=1S/C11H16FN3O2/c1-4-8-9(12)10(14-6-13-8)15(3)5-7(2)11(16)17/h6-7H,4-5H2,1-3H3,(H,16,17). The molecule has 0 aliphatic rings. The van der Waals surface area contributed by atoms with Gasteiger partial charge in [-0.3, -0.25) is 4.79 Å². The minimum Gasteiger partial charge on any atom is -0.481 e. The molecule has 94 valence electrons. The van der Waals surface area contributed by atoms with Crippen molar-refractivity contribution in [3.63, 3.8) is 0 Å². The van der Waals surface area contributed by atoms with E-state index in [0.29, 0.717) is 12.1 Å². The summed E-state index contributed by atoms with van der Waals surface area (Å²) in [4.78, 5) is 19.9. The molecule has 0 aromatic carbocycles. The van der Waals surface area contributed by atoms with Gasteiger partial charge >= 0.3 is 5.97 Å². The van der Waals surface area contributed by atoms with Gasteiger partial charge in [0.2, 0.25) is 0 Å². The highest BCUT2D eigenvalue weighted by atomic mass is 19.1. The Morgan fingerprint density at radius 1 is 1.59 bits per heavy atom. The second kappa shape index (κ2) is 5.56. The fraction of sp³-hybridized carbons (Fsp3) is 0.545. The third-order valence-corrected chi connectivity index (χ3v) is 2.51. The molecular formula is C11H16FN3O2. The van der Waals surface area contributed by atoms with Crippen LogP contribution in [0.25, 0.3) is 0 Å². The smallest absolute Gasteiger partial charge is 0.308 e. The molecule has 1 rings (SSSR count). The summed E-state index contributed by atoms with van der Waals surface area (Å²) < 4.78 is 13.9. The van der Waals surface area contributed by atoms with Crippen molar-refractivity contribution in [2.75, 3.05) is 18.5 Å². The van der Waals surface area contributed by atoms with Crippen LogP contribution in [0.3, 0.4) is 0 Å². The number of halogens is 1. The molecule has 17 heavy (non-hydrogen) atoms. The van der Waals surface area contributed by atoms with Crippen LogP contribution in [-0.4, -0.2) is 34.6 Å². The van der Waals surface area contributed by atoms with Crippen molar-refractivity contribution in [2.45, 2.75) is 20.3 Å². The average molecular weight is 241 g/mol. The van der Waals surface area contributed by atoms with Crippen LogP contribution in [0.1, 0.15) is 19.5 Å². The number of carboxylic acids is 1. The van der Waals surface area contributed by atoms with Gasteiger partial charge in [0.05, 0.1) is 11.6 Å². The summed E-state index contributed by atoms with van der Waals surface area (Å²) in [7, 11) is 1.62. The zero-order chi connectivity index (χ0) is 13.0. The van der Waals surface area contributed by atoms with Crippen LogP contribution in [0.15, 0.2) is 6.33 Å². The van der Waals surface area contributed by atoms with Gasteiger partial charge in [-0.05, 0) is 6.42 Å². The van der Waals surface area contributed by atoms with Crippen molar-refractivity contribution in [2.24, 2.45) is 5.92 Å². The number of aryl methyl sites for hydroxylation is 1. The largest absolute Gasteiger partial charge is 0.481 e. The van der Waals surface area contributed by atoms with E-state index in [1.165, 1.54) is 11.2 Å². The first-order chi connectivity index (χ1) is 7.97. The summed E-state index contributed by atoms with van der Waals surface area (Å²) in [5, 5.41) is 8.79. The fourth-order valence-corrected chi connectivity index (χ4v) is 1.48. The molecule has 0 aliphatic heterocycles. The molecule has 1 unspecified atom stereocenters. The van der Waals surface area contributed by atoms with Gasteiger partial charge < -0.3 is 10.0 Å². The number of aromatic nitrogens is 2. The minimum absolute atomic E-state index is 0.143. The van der Waals surface area contributed by atoms with Crippen molar-refractivity contribution < 1.29 is 14.3 Å². The van der Waals surface area contributed by atoms with Gasteiger partial charge in [-0.25, -0.2) is 14.4 Å². The molecule has 1 aromatic heterocycles. The predicted molar refractivity (Wildman–Crippen MR) is 61.4 cm³/mol. The summed E-state index contributed by atoms with van der Waals surface area (Å²) in [6, 6.07) is 0. The maximum Gasteiger partial charge on any atom is 0.308 e. The number of nitrogens with zero attached hydrogens (tertiary/aromatic N) is 3. The topological polar surface area (TPSA) is 66.3 Å². The zero-order valence-corrected chi connectivity index (χ0v) is 10.1. The summed E-state index contributed by atoms with van der Waals surface area (Å²) in [5.41, 5.74) is 0.338. The molecule has 1 heterocycles. The second-order valence-electron chi connectivity index (χ2n) is 3.93. The minimum atomic E-state index is -0.915. The van der Waals surface area contributed by atoms with Gasteiger partial charge in [-0.15, -0.1) is 0 Å². The molecule has 1 aromatic rings. The molecule has 0 fully saturated rings. The Morgan fingerprint density at radius 3 is 2.76 bits per heavy atom. The van der Waals surface area contributed by atoms with E-state index in [1.807, 2.05) is 0 Å². The number of aliphatic carboxylic acids is 1. The zero-order valence-electron chi connectivity index (χ0n) is 10.1. The number of carbonyl (C=O) groups is 1. The molecule has 0 saturated heterocycles. The van der Waals surface area contributed by atoms with E-state index < -0.39 is 17.7 Å². The van der Waals surface area contributed by atoms with Crippen LogP contribution in [0, 0.1) is 11.7 Å². The summed E-state index contributed by atoms with van der Waals surface area (Å²) in [6.45, 7) is 3.57. The fourth-order valence-electron chi connectivity index (χ4n) is 1.48. The number of hydrogen-bond donors (Lipinski definition) is 1. The Labute approximate surface area is 99.3 Å². The first kappa shape index (κ1) is 13.3. The van der Waals surface area contributed by atoms with E-state index in [2.05, 4.69) is 9.97 Å². The summed E-state index contributed by atoms with van der Waals surface area (Å²) in [6.07, 6.45) is 1.77. The summed E-state index contributed by atoms with van der Waals surface area (Å²) >= 11 is 0. The van der Waals surface area contributed by atoms with Crippen molar-refractivity contribution in [3.05, 3.63) is 17.8 Å². The van der Waals surface area contributed by atoms with Crippen LogP contribution in [-0.2, 0) is 11.2 Å². The molecule has 0 bridgehead atoms. The van der Waals surface area contributed by atoms with Gasteiger partial charge in [0.1, 0.15) is 6.33 Å². The average Bonchev–Trinajstić information content (AvgIpc) is 2.28. The number of rotatable bonds is 5. The Bertz CT molecular complexity index is 412. The predicted octanol–water partition coefficient (Wildman–Crippen LogP) is 1.33. The maximum absolute atomic E-state index is 13.9. The highest BCUT2D eigenvalue weighted by Gasteiger charge is 2.18. The van der Waals surface area contributed by atoms with E-state index in [0.717, 1.165) is 0 Å². The maximum atomic E-state index is 13.9. The molecular weight excluding hydrogens is 225 g/mol. The van der Waals surface area contributed by atoms with E-state index in [-0.39, 0.29) is 12.4 Å². The molecule has 5 nitrogen and oxygen atoms in total. The van der Waals surface area contributed by atoms with Gasteiger partial charge in [0, 0.05) is 13.6 Å². The molecule has 1 atom stereocenters. The van der Waals surface area contributed by atoms with E-state index in [4.69, 9.17) is 5.11 Å². The second-order valence-corrected chi connectivity index (χ2v) is 3.93. The van der Waals surface area contributed by atoms with Crippen molar-refractivity contribution in [1.82, 2.24) is 9.97 Å². The molecule has 0 amide bonds. The number of anilines is 1. The molecule has 0 saturated carbocycles. The molecule has 0 spiro atoms. The lowest BCUT2D eigenvalue weighted by atomic mass is 10.2. The first-order valence-corrected chi connectivity index (χ1v) is 5.40. The van der Waals surface area contributed by atoms with E-state index in [1.54, 1.807) is 20.9 Å². The van der Waals surface area contributed by atoms with Crippen LogP contribution in [0.4, 0.5) is 10.2 Å². The quantitative estimate of drug-likeness (QED) is 0.842. The number of hydrogen-bond acceptors (Lipinski definition) is 4. The van der Waals surface area contributed by atoms with Gasteiger partial charge in [-0.2, -0.15) is 0 Å². The lowest BCUT2D eigenvalue weighted by molar-refractivity contribution is -0.140. The Balaban J connectivity index is 2.89. The van der Waals surface area contributed by atoms with Crippen LogP contribution in [0.2, 0.25) is 0 Å². The van der Waals surface area contributed by atoms with Gasteiger partial charge in [0.25, 0.3) is 0 Å². The normalized spacial score (nSPS) is 12.2.